The van der Waals surface area contributed by atoms with Crippen LogP contribution in [0.5, 0.6) is 0 Å². The average Bonchev–Trinajstić information content (AvgIpc) is 2.94. The van der Waals surface area contributed by atoms with Crippen LogP contribution in [0.3, 0.4) is 0 Å². The molecular weight excluding hydrogens is 217 g/mol. The predicted molar refractivity (Wildman–Crippen MR) is 53.2 cm³/mol. The van der Waals surface area contributed by atoms with Crippen molar-refractivity contribution in [1.82, 2.24) is 0 Å². The van der Waals surface area contributed by atoms with E-state index in [1.165, 1.54) is 6.92 Å². The minimum Gasteiger partial charge on any atom is -0.385 e. The van der Waals surface area contributed by atoms with Gasteiger partial charge in [-0.05, 0) is 25.8 Å². The average molecular weight is 230 g/mol. The minimum atomic E-state index is -1.53. The Morgan fingerprint density at radius 2 is 1.75 bits per heavy atom. The molecule has 0 aromatic heterocycles. The molecule has 4 heteroatoms. The third-order valence-corrected chi connectivity index (χ3v) is 3.73. The molecule has 1 aromatic rings. The van der Waals surface area contributed by atoms with Gasteiger partial charge in [-0.25, -0.2) is 13.2 Å². The van der Waals surface area contributed by atoms with Crippen LogP contribution in [-0.4, -0.2) is 5.11 Å². The van der Waals surface area contributed by atoms with Crippen LogP contribution in [0, 0.1) is 22.9 Å². The van der Waals surface area contributed by atoms with Crippen molar-refractivity contribution in [3.05, 3.63) is 35.1 Å². The lowest BCUT2D eigenvalue weighted by Gasteiger charge is -2.31. The fourth-order valence-electron chi connectivity index (χ4n) is 1.90. The number of aliphatic hydroxyl groups is 1. The van der Waals surface area contributed by atoms with E-state index in [1.54, 1.807) is 6.92 Å². The first-order valence-electron chi connectivity index (χ1n) is 5.16. The third kappa shape index (κ3) is 1.44. The van der Waals surface area contributed by atoms with Crippen molar-refractivity contribution in [3.8, 4) is 0 Å². The summed E-state index contributed by atoms with van der Waals surface area (Å²) in [4.78, 5) is 0. The number of hydrogen-bond acceptors (Lipinski definition) is 1. The highest BCUT2D eigenvalue weighted by Crippen LogP contribution is 2.58. The Kier molecular flexibility index (Phi) is 2.31. The summed E-state index contributed by atoms with van der Waals surface area (Å²) < 4.78 is 39.4. The zero-order valence-corrected chi connectivity index (χ0v) is 9.15. The molecule has 1 aliphatic rings. The first-order valence-corrected chi connectivity index (χ1v) is 5.16. The Bertz CT molecular complexity index is 436. The van der Waals surface area contributed by atoms with Gasteiger partial charge < -0.3 is 5.11 Å². The van der Waals surface area contributed by atoms with E-state index in [4.69, 9.17) is 0 Å². The predicted octanol–water partition coefficient (Wildman–Crippen LogP) is 3.11. The van der Waals surface area contributed by atoms with E-state index in [2.05, 4.69) is 0 Å². The molecule has 1 N–H and O–H groups in total. The Labute approximate surface area is 91.9 Å². The Balaban J connectivity index is 2.53. The van der Waals surface area contributed by atoms with Crippen LogP contribution in [0.2, 0.25) is 0 Å². The summed E-state index contributed by atoms with van der Waals surface area (Å²) in [5.41, 5.74) is -2.09. The van der Waals surface area contributed by atoms with E-state index in [9.17, 15) is 18.3 Å². The SMILES string of the molecule is CC1(C(C)(O)c2ccc(F)c(F)c2F)CC1. The number of benzene rings is 1. The van der Waals surface area contributed by atoms with Gasteiger partial charge in [0.1, 0.15) is 0 Å². The van der Waals surface area contributed by atoms with E-state index < -0.39 is 28.5 Å². The van der Waals surface area contributed by atoms with Crippen molar-refractivity contribution in [2.75, 3.05) is 0 Å². The van der Waals surface area contributed by atoms with Gasteiger partial charge in [0, 0.05) is 11.0 Å². The van der Waals surface area contributed by atoms with Crippen LogP contribution in [0.15, 0.2) is 12.1 Å². The standard InChI is InChI=1S/C12H13F3O/c1-11(5-6-11)12(2,16)7-3-4-8(13)10(15)9(7)14/h3-4,16H,5-6H2,1-2H3. The molecule has 0 radical (unpaired) electrons. The van der Waals surface area contributed by atoms with Gasteiger partial charge in [0.25, 0.3) is 0 Å². The van der Waals surface area contributed by atoms with Crippen molar-refractivity contribution in [2.45, 2.75) is 32.3 Å². The summed E-state index contributed by atoms with van der Waals surface area (Å²) in [6, 6.07) is 1.95. The van der Waals surface area contributed by atoms with Gasteiger partial charge in [0.15, 0.2) is 17.5 Å². The molecule has 1 fully saturated rings. The first-order chi connectivity index (χ1) is 7.29. The Hall–Kier alpha value is -1.03. The van der Waals surface area contributed by atoms with E-state index in [0.717, 1.165) is 25.0 Å². The summed E-state index contributed by atoms with van der Waals surface area (Å²) in [5.74, 6) is -4.06. The summed E-state index contributed by atoms with van der Waals surface area (Å²) in [7, 11) is 0. The first kappa shape index (κ1) is 11.5. The van der Waals surface area contributed by atoms with E-state index in [-0.39, 0.29) is 5.56 Å². The molecule has 0 heterocycles. The largest absolute Gasteiger partial charge is 0.385 e. The molecule has 16 heavy (non-hydrogen) atoms. The monoisotopic (exact) mass is 230 g/mol. The number of rotatable bonds is 2. The lowest BCUT2D eigenvalue weighted by molar-refractivity contribution is -0.0164. The van der Waals surface area contributed by atoms with Crippen molar-refractivity contribution in [2.24, 2.45) is 5.41 Å². The second-order valence-corrected chi connectivity index (χ2v) is 4.86. The molecule has 1 aliphatic carbocycles. The summed E-state index contributed by atoms with van der Waals surface area (Å²) in [6.45, 7) is 3.24. The molecule has 1 atom stereocenters. The van der Waals surface area contributed by atoms with Crippen LogP contribution in [-0.2, 0) is 5.60 Å². The van der Waals surface area contributed by atoms with Crippen molar-refractivity contribution in [1.29, 1.82) is 0 Å². The third-order valence-electron chi connectivity index (χ3n) is 3.73. The maximum Gasteiger partial charge on any atom is 0.194 e. The van der Waals surface area contributed by atoms with Gasteiger partial charge >= 0.3 is 0 Å². The summed E-state index contributed by atoms with van der Waals surface area (Å²) in [6.07, 6.45) is 1.50. The van der Waals surface area contributed by atoms with E-state index in [0.29, 0.717) is 0 Å². The fourth-order valence-corrected chi connectivity index (χ4v) is 1.90. The maximum atomic E-state index is 13.5. The molecule has 2 rings (SSSR count). The topological polar surface area (TPSA) is 20.2 Å². The molecule has 1 nitrogen and oxygen atoms in total. The molecule has 0 aliphatic heterocycles. The van der Waals surface area contributed by atoms with E-state index >= 15 is 0 Å². The van der Waals surface area contributed by atoms with Gasteiger partial charge in [-0.15, -0.1) is 0 Å². The molecule has 1 unspecified atom stereocenters. The van der Waals surface area contributed by atoms with Crippen LogP contribution >= 0.6 is 0 Å². The summed E-state index contributed by atoms with van der Waals surface area (Å²) >= 11 is 0. The van der Waals surface area contributed by atoms with Gasteiger partial charge in [0.2, 0.25) is 0 Å². The highest BCUT2D eigenvalue weighted by molar-refractivity contribution is 5.29. The molecule has 88 valence electrons. The quantitative estimate of drug-likeness (QED) is 0.774. The normalized spacial score (nSPS) is 21.6. The fraction of sp³-hybridized carbons (Fsp3) is 0.500. The van der Waals surface area contributed by atoms with Crippen molar-refractivity contribution >= 4 is 0 Å². The molecular formula is C12H13F3O. The highest BCUT2D eigenvalue weighted by atomic mass is 19.2. The Morgan fingerprint density at radius 3 is 2.25 bits per heavy atom. The zero-order chi connectivity index (χ0) is 12.1. The highest BCUT2D eigenvalue weighted by Gasteiger charge is 2.54. The van der Waals surface area contributed by atoms with Crippen molar-refractivity contribution < 1.29 is 18.3 Å². The number of halogens is 3. The van der Waals surface area contributed by atoms with Crippen LogP contribution < -0.4 is 0 Å². The zero-order valence-electron chi connectivity index (χ0n) is 9.15. The van der Waals surface area contributed by atoms with Crippen LogP contribution in [0.1, 0.15) is 32.3 Å². The second-order valence-electron chi connectivity index (χ2n) is 4.86. The van der Waals surface area contributed by atoms with Gasteiger partial charge in [-0.2, -0.15) is 0 Å². The Morgan fingerprint density at radius 1 is 1.19 bits per heavy atom. The molecule has 0 spiro atoms. The summed E-state index contributed by atoms with van der Waals surface area (Å²) in [5, 5.41) is 10.3. The molecule has 0 saturated heterocycles. The molecule has 1 aromatic carbocycles. The smallest absolute Gasteiger partial charge is 0.194 e. The van der Waals surface area contributed by atoms with Crippen LogP contribution in [0.25, 0.3) is 0 Å². The van der Waals surface area contributed by atoms with Gasteiger partial charge in [0.05, 0.1) is 5.60 Å². The van der Waals surface area contributed by atoms with Gasteiger partial charge in [-0.1, -0.05) is 13.0 Å². The lowest BCUT2D eigenvalue weighted by Crippen LogP contribution is -2.33. The lowest BCUT2D eigenvalue weighted by atomic mass is 9.81. The molecule has 0 amide bonds. The number of hydrogen-bond donors (Lipinski definition) is 1. The molecule has 0 bridgehead atoms. The molecule has 1 saturated carbocycles. The van der Waals surface area contributed by atoms with Crippen molar-refractivity contribution in [3.63, 3.8) is 0 Å². The van der Waals surface area contributed by atoms with E-state index in [1.807, 2.05) is 0 Å². The maximum absolute atomic E-state index is 13.5. The second kappa shape index (κ2) is 3.23. The van der Waals surface area contributed by atoms with Gasteiger partial charge in [-0.3, -0.25) is 0 Å². The van der Waals surface area contributed by atoms with Crippen LogP contribution in [0.4, 0.5) is 13.2 Å². The minimum absolute atomic E-state index is 0.175.